The van der Waals surface area contributed by atoms with Gasteiger partial charge in [0.05, 0.1) is 6.61 Å². The van der Waals surface area contributed by atoms with E-state index in [4.69, 9.17) is 4.52 Å². The molecule has 1 atom stereocenters. The van der Waals surface area contributed by atoms with E-state index in [-0.39, 0.29) is 0 Å². The van der Waals surface area contributed by atoms with Crippen LogP contribution < -0.4 is 4.89 Å². The molecule has 0 aromatic heterocycles. The molecular formula is C10H19Br2NO3P-. The Hall–Kier alpha value is 1.07. The first kappa shape index (κ1) is 16.1. The summed E-state index contributed by atoms with van der Waals surface area (Å²) in [6, 6.07) is 0. The number of alkyl halides is 2. The quantitative estimate of drug-likeness (QED) is 0.471. The van der Waals surface area contributed by atoms with Crippen LogP contribution in [0.5, 0.6) is 0 Å². The highest BCUT2D eigenvalue weighted by Gasteiger charge is 2.22. The van der Waals surface area contributed by atoms with Crippen molar-refractivity contribution < 1.29 is 14.0 Å². The van der Waals surface area contributed by atoms with Gasteiger partial charge in [-0.3, -0.25) is 4.57 Å². The van der Waals surface area contributed by atoms with E-state index in [0.717, 1.165) is 12.8 Å². The van der Waals surface area contributed by atoms with E-state index >= 15 is 0 Å². The van der Waals surface area contributed by atoms with Gasteiger partial charge in [0.1, 0.15) is 0 Å². The van der Waals surface area contributed by atoms with Gasteiger partial charge in [-0.2, -0.15) is 0 Å². The van der Waals surface area contributed by atoms with Crippen molar-refractivity contribution >= 4 is 39.6 Å². The molecule has 0 spiro atoms. The van der Waals surface area contributed by atoms with Crippen molar-refractivity contribution in [2.75, 3.05) is 30.4 Å². The summed E-state index contributed by atoms with van der Waals surface area (Å²) in [5.74, 6) is 0.423. The second-order valence-corrected chi connectivity index (χ2v) is 7.59. The van der Waals surface area contributed by atoms with Gasteiger partial charge < -0.3 is 9.42 Å². The number of nitrogens with zero attached hydrogens (tertiary/aromatic N) is 1. The maximum Gasteiger partial charge on any atom is 0.207 e. The van der Waals surface area contributed by atoms with Crippen molar-refractivity contribution in [3.8, 4) is 0 Å². The molecule has 102 valence electrons. The molecule has 17 heavy (non-hydrogen) atoms. The molecule has 0 N–H and O–H groups in total. The molecule has 4 nitrogen and oxygen atoms in total. The summed E-state index contributed by atoms with van der Waals surface area (Å²) in [4.78, 5) is 12.0. The van der Waals surface area contributed by atoms with Crippen LogP contribution in [0.1, 0.15) is 25.7 Å². The Kier molecular flexibility index (Phi) is 7.86. The van der Waals surface area contributed by atoms with Gasteiger partial charge in [0.25, 0.3) is 0 Å². The van der Waals surface area contributed by atoms with Gasteiger partial charge in [-0.1, -0.05) is 44.7 Å². The van der Waals surface area contributed by atoms with Crippen molar-refractivity contribution in [1.82, 2.24) is 4.67 Å². The molecule has 0 radical (unpaired) electrons. The minimum Gasteiger partial charge on any atom is -0.766 e. The lowest BCUT2D eigenvalue weighted by molar-refractivity contribution is -0.213. The lowest BCUT2D eigenvalue weighted by atomic mass is 10.1. The average Bonchev–Trinajstić information content (AvgIpc) is 2.79. The summed E-state index contributed by atoms with van der Waals surface area (Å²) >= 11 is 6.51. The van der Waals surface area contributed by atoms with E-state index < -0.39 is 7.75 Å². The Morgan fingerprint density at radius 3 is 2.24 bits per heavy atom. The molecule has 1 rings (SSSR count). The molecular weight excluding hydrogens is 373 g/mol. The number of hydrogen-bond acceptors (Lipinski definition) is 3. The average molecular weight is 392 g/mol. The van der Waals surface area contributed by atoms with Gasteiger partial charge in [-0.05, 0) is 18.8 Å². The standard InChI is InChI=1S/C10H20Br2NO3P/c11-5-7-13(8-6-12)17(14,15)16-9-10-3-1-2-4-10/h10H,1-9H2,(H,14,15)/p-1. The first-order valence-corrected chi connectivity index (χ1v) is 9.67. The van der Waals surface area contributed by atoms with Crippen LogP contribution in [-0.2, 0) is 9.09 Å². The topological polar surface area (TPSA) is 52.6 Å². The zero-order valence-electron chi connectivity index (χ0n) is 9.82. The van der Waals surface area contributed by atoms with Crippen molar-refractivity contribution in [3.05, 3.63) is 0 Å². The third-order valence-electron chi connectivity index (χ3n) is 2.98. The van der Waals surface area contributed by atoms with E-state index in [2.05, 4.69) is 31.9 Å². The smallest absolute Gasteiger partial charge is 0.207 e. The Labute approximate surface area is 120 Å². The van der Waals surface area contributed by atoms with E-state index in [0.29, 0.717) is 36.3 Å². The predicted molar refractivity (Wildman–Crippen MR) is 74.7 cm³/mol. The van der Waals surface area contributed by atoms with Crippen LogP contribution in [0.15, 0.2) is 0 Å². The molecule has 1 aliphatic carbocycles. The minimum atomic E-state index is -3.86. The van der Waals surface area contributed by atoms with Gasteiger partial charge in [-0.25, -0.2) is 4.67 Å². The Morgan fingerprint density at radius 2 is 1.76 bits per heavy atom. The van der Waals surface area contributed by atoms with E-state index in [1.54, 1.807) is 0 Å². The second kappa shape index (κ2) is 8.28. The van der Waals surface area contributed by atoms with Crippen LogP contribution in [-0.4, -0.2) is 35.0 Å². The summed E-state index contributed by atoms with van der Waals surface area (Å²) in [5.41, 5.74) is 0. The van der Waals surface area contributed by atoms with Gasteiger partial charge in [-0.15, -0.1) is 0 Å². The Balaban J connectivity index is 2.42. The maximum atomic E-state index is 12.0. The van der Waals surface area contributed by atoms with Crippen LogP contribution in [0.3, 0.4) is 0 Å². The van der Waals surface area contributed by atoms with Gasteiger partial charge in [0.2, 0.25) is 7.75 Å². The van der Waals surface area contributed by atoms with Gasteiger partial charge in [0.15, 0.2) is 0 Å². The van der Waals surface area contributed by atoms with Crippen molar-refractivity contribution in [1.29, 1.82) is 0 Å². The van der Waals surface area contributed by atoms with Crippen LogP contribution in [0, 0.1) is 5.92 Å². The van der Waals surface area contributed by atoms with Crippen LogP contribution in [0.4, 0.5) is 0 Å². The zero-order chi connectivity index (χ0) is 12.7. The summed E-state index contributed by atoms with van der Waals surface area (Å²) in [6.07, 6.45) is 4.58. The van der Waals surface area contributed by atoms with Gasteiger partial charge >= 0.3 is 0 Å². The van der Waals surface area contributed by atoms with Crippen molar-refractivity contribution in [2.24, 2.45) is 5.92 Å². The molecule has 0 aromatic rings. The zero-order valence-corrected chi connectivity index (χ0v) is 13.9. The fourth-order valence-corrected chi connectivity index (χ4v) is 4.67. The van der Waals surface area contributed by atoms with Crippen molar-refractivity contribution in [3.63, 3.8) is 0 Å². The summed E-state index contributed by atoms with van der Waals surface area (Å²) < 4.78 is 18.5. The molecule has 1 aliphatic rings. The molecule has 1 unspecified atom stereocenters. The van der Waals surface area contributed by atoms with Crippen LogP contribution >= 0.6 is 39.6 Å². The third-order valence-corrected chi connectivity index (χ3v) is 5.26. The molecule has 1 fully saturated rings. The number of rotatable bonds is 8. The first-order chi connectivity index (χ1) is 8.10. The summed E-state index contributed by atoms with van der Waals surface area (Å²) in [6.45, 7) is 1.26. The number of halogens is 2. The van der Waals surface area contributed by atoms with Crippen LogP contribution in [0.2, 0.25) is 0 Å². The van der Waals surface area contributed by atoms with E-state index in [9.17, 15) is 9.46 Å². The van der Waals surface area contributed by atoms with Gasteiger partial charge in [0, 0.05) is 23.7 Å². The molecule has 0 amide bonds. The molecule has 0 aliphatic heterocycles. The summed E-state index contributed by atoms with van der Waals surface area (Å²) in [7, 11) is -3.86. The highest BCUT2D eigenvalue weighted by molar-refractivity contribution is 9.09. The minimum absolute atomic E-state index is 0.349. The van der Waals surface area contributed by atoms with Crippen LogP contribution in [0.25, 0.3) is 0 Å². The van der Waals surface area contributed by atoms with Crippen molar-refractivity contribution in [2.45, 2.75) is 25.7 Å². The molecule has 0 heterocycles. The third kappa shape index (κ3) is 5.70. The molecule has 7 heteroatoms. The normalized spacial score (nSPS) is 20.9. The highest BCUT2D eigenvalue weighted by atomic mass is 79.9. The fourth-order valence-electron chi connectivity index (χ4n) is 2.01. The monoisotopic (exact) mass is 390 g/mol. The fraction of sp³-hybridized carbons (Fsp3) is 1.00. The summed E-state index contributed by atoms with van der Waals surface area (Å²) in [5, 5.41) is 1.25. The lowest BCUT2D eigenvalue weighted by Crippen LogP contribution is -2.31. The number of hydrogen-bond donors (Lipinski definition) is 0. The first-order valence-electron chi connectivity index (χ1n) is 5.93. The largest absolute Gasteiger partial charge is 0.766 e. The SMILES string of the molecule is O=P([O-])(OCC1CCCC1)N(CCBr)CCBr. The molecule has 1 saturated carbocycles. The molecule has 0 aromatic carbocycles. The second-order valence-electron chi connectivity index (χ2n) is 4.25. The Bertz CT molecular complexity index is 256. The van der Waals surface area contributed by atoms with E-state index in [1.807, 2.05) is 0 Å². The predicted octanol–water partition coefficient (Wildman–Crippen LogP) is 2.75. The maximum absolute atomic E-state index is 12.0. The lowest BCUT2D eigenvalue weighted by Gasteiger charge is -2.35. The highest BCUT2D eigenvalue weighted by Crippen LogP contribution is 2.43. The molecule has 0 bridgehead atoms. The Morgan fingerprint density at radius 1 is 1.24 bits per heavy atom. The van der Waals surface area contributed by atoms with E-state index in [1.165, 1.54) is 17.5 Å². The molecule has 0 saturated heterocycles.